The first-order chi connectivity index (χ1) is 9.34. The Morgan fingerprint density at radius 3 is 3.05 bits per heavy atom. The van der Waals surface area contributed by atoms with Crippen LogP contribution in [0.25, 0.3) is 0 Å². The van der Waals surface area contributed by atoms with Crippen LogP contribution in [0.3, 0.4) is 0 Å². The summed E-state index contributed by atoms with van der Waals surface area (Å²) in [5.41, 5.74) is 2.91. The summed E-state index contributed by atoms with van der Waals surface area (Å²) in [6.07, 6.45) is 4.60. The van der Waals surface area contributed by atoms with Crippen LogP contribution in [0.2, 0.25) is 0 Å². The van der Waals surface area contributed by atoms with Gasteiger partial charge in [0.05, 0.1) is 5.92 Å². The largest absolute Gasteiger partial charge is 0.355 e. The van der Waals surface area contributed by atoms with E-state index in [1.165, 1.54) is 30.4 Å². The van der Waals surface area contributed by atoms with Crippen LogP contribution in [0.5, 0.6) is 0 Å². The van der Waals surface area contributed by atoms with Crippen molar-refractivity contribution in [3.05, 3.63) is 35.4 Å². The molecule has 1 aliphatic carbocycles. The average molecular weight is 258 g/mol. The minimum absolute atomic E-state index is 0.179. The number of rotatable bonds is 3. The predicted octanol–water partition coefficient (Wildman–Crippen LogP) is 1.83. The molecule has 3 rings (SSSR count). The highest BCUT2D eigenvalue weighted by molar-refractivity contribution is 5.79. The quantitative estimate of drug-likeness (QED) is 0.868. The second-order valence-corrected chi connectivity index (χ2v) is 5.72. The first-order valence-corrected chi connectivity index (χ1v) is 7.41. The highest BCUT2D eigenvalue weighted by atomic mass is 16.1. The molecule has 0 spiro atoms. The van der Waals surface area contributed by atoms with E-state index in [0.717, 1.165) is 26.1 Å². The molecule has 1 saturated heterocycles. The maximum absolute atomic E-state index is 12.0. The molecule has 19 heavy (non-hydrogen) atoms. The Labute approximate surface area is 114 Å². The lowest BCUT2D eigenvalue weighted by molar-refractivity contribution is -0.124. The smallest absolute Gasteiger partial charge is 0.224 e. The highest BCUT2D eigenvalue weighted by Gasteiger charge is 2.24. The van der Waals surface area contributed by atoms with E-state index in [0.29, 0.717) is 5.92 Å². The molecule has 3 heteroatoms. The summed E-state index contributed by atoms with van der Waals surface area (Å²) in [5, 5.41) is 6.40. The molecule has 2 N–H and O–H groups in total. The molecular formula is C16H22N2O. The third-order valence-corrected chi connectivity index (χ3v) is 4.45. The summed E-state index contributed by atoms with van der Waals surface area (Å²) < 4.78 is 0. The number of carbonyl (C=O) groups is 1. The van der Waals surface area contributed by atoms with Gasteiger partial charge >= 0.3 is 0 Å². The van der Waals surface area contributed by atoms with E-state index in [1.807, 2.05) is 0 Å². The zero-order chi connectivity index (χ0) is 13.1. The maximum Gasteiger partial charge on any atom is 0.224 e. The van der Waals surface area contributed by atoms with Crippen LogP contribution < -0.4 is 10.6 Å². The van der Waals surface area contributed by atoms with Crippen LogP contribution >= 0.6 is 0 Å². The molecule has 0 bridgehead atoms. The molecule has 102 valence electrons. The van der Waals surface area contributed by atoms with Crippen molar-refractivity contribution in [3.8, 4) is 0 Å². The third-order valence-electron chi connectivity index (χ3n) is 4.45. The molecule has 3 nitrogen and oxygen atoms in total. The van der Waals surface area contributed by atoms with E-state index in [1.54, 1.807) is 0 Å². The van der Waals surface area contributed by atoms with Crippen molar-refractivity contribution in [1.82, 2.24) is 10.6 Å². The molecule has 1 aromatic carbocycles. The molecule has 2 unspecified atom stereocenters. The first kappa shape index (κ1) is 12.7. The minimum atomic E-state index is 0.179. The molecule has 0 saturated carbocycles. The number of carbonyl (C=O) groups excluding carboxylic acids is 1. The zero-order valence-electron chi connectivity index (χ0n) is 11.3. The van der Waals surface area contributed by atoms with Gasteiger partial charge < -0.3 is 10.6 Å². The number of nitrogens with one attached hydrogen (secondary N) is 2. The minimum Gasteiger partial charge on any atom is -0.355 e. The van der Waals surface area contributed by atoms with Gasteiger partial charge in [-0.05, 0) is 43.4 Å². The van der Waals surface area contributed by atoms with Crippen LogP contribution in [-0.4, -0.2) is 25.5 Å². The molecule has 1 aromatic rings. The zero-order valence-corrected chi connectivity index (χ0v) is 11.3. The van der Waals surface area contributed by atoms with Crippen LogP contribution in [0.4, 0.5) is 0 Å². The predicted molar refractivity (Wildman–Crippen MR) is 76.1 cm³/mol. The van der Waals surface area contributed by atoms with Crippen LogP contribution in [-0.2, 0) is 11.2 Å². The van der Waals surface area contributed by atoms with Crippen molar-refractivity contribution >= 4 is 5.91 Å². The van der Waals surface area contributed by atoms with Crippen molar-refractivity contribution in [2.24, 2.45) is 5.92 Å². The van der Waals surface area contributed by atoms with Crippen molar-refractivity contribution < 1.29 is 4.79 Å². The summed E-state index contributed by atoms with van der Waals surface area (Å²) in [6, 6.07) is 8.68. The molecule has 1 fully saturated rings. The summed E-state index contributed by atoms with van der Waals surface area (Å²) in [6.45, 7) is 2.61. The fraction of sp³-hybridized carbons (Fsp3) is 0.562. The van der Waals surface area contributed by atoms with Gasteiger partial charge in [-0.15, -0.1) is 0 Å². The summed E-state index contributed by atoms with van der Waals surface area (Å²) in [4.78, 5) is 12.0. The monoisotopic (exact) mass is 258 g/mol. The van der Waals surface area contributed by atoms with Crippen molar-refractivity contribution in [3.63, 3.8) is 0 Å². The van der Waals surface area contributed by atoms with Gasteiger partial charge in [-0.3, -0.25) is 4.79 Å². The Morgan fingerprint density at radius 2 is 2.21 bits per heavy atom. The van der Waals surface area contributed by atoms with Crippen molar-refractivity contribution in [2.75, 3.05) is 19.6 Å². The molecule has 2 aliphatic rings. The second kappa shape index (κ2) is 5.74. The summed E-state index contributed by atoms with van der Waals surface area (Å²) in [5.74, 6) is 0.912. The van der Waals surface area contributed by atoms with Gasteiger partial charge in [-0.1, -0.05) is 24.3 Å². The van der Waals surface area contributed by atoms with Crippen LogP contribution in [0, 0.1) is 5.92 Å². The van der Waals surface area contributed by atoms with E-state index in [9.17, 15) is 4.79 Å². The van der Waals surface area contributed by atoms with Gasteiger partial charge in [0.2, 0.25) is 5.91 Å². The summed E-state index contributed by atoms with van der Waals surface area (Å²) >= 11 is 0. The summed E-state index contributed by atoms with van der Waals surface area (Å²) in [7, 11) is 0. The van der Waals surface area contributed by atoms with Crippen LogP contribution in [0.1, 0.15) is 36.3 Å². The lowest BCUT2D eigenvalue weighted by atomic mass is 9.83. The number of benzene rings is 1. The standard InChI is InChI=1S/C16H22N2O/c19-16(14-8-9-17-10-14)18-11-13-6-3-5-12-4-1-2-7-15(12)13/h1-2,4,7,13-14,17H,3,5-6,8-11H2,(H,18,19). The fourth-order valence-corrected chi connectivity index (χ4v) is 3.31. The Morgan fingerprint density at radius 1 is 1.32 bits per heavy atom. The number of hydrogen-bond acceptors (Lipinski definition) is 2. The Bertz CT molecular complexity index is 452. The second-order valence-electron chi connectivity index (χ2n) is 5.72. The lowest BCUT2D eigenvalue weighted by Crippen LogP contribution is -2.35. The first-order valence-electron chi connectivity index (χ1n) is 7.41. The normalized spacial score (nSPS) is 25.9. The van der Waals surface area contributed by atoms with Crippen molar-refractivity contribution in [1.29, 1.82) is 0 Å². The fourth-order valence-electron chi connectivity index (χ4n) is 3.31. The SMILES string of the molecule is O=C(NCC1CCCc2ccccc21)C1CCNC1. The van der Waals surface area contributed by atoms with Gasteiger partial charge in [0.1, 0.15) is 0 Å². The van der Waals surface area contributed by atoms with Gasteiger partial charge in [0.15, 0.2) is 0 Å². The van der Waals surface area contributed by atoms with E-state index in [-0.39, 0.29) is 11.8 Å². The highest BCUT2D eigenvalue weighted by Crippen LogP contribution is 2.30. The van der Waals surface area contributed by atoms with Gasteiger partial charge in [-0.25, -0.2) is 0 Å². The molecular weight excluding hydrogens is 236 g/mol. The Balaban J connectivity index is 1.60. The number of amides is 1. The third kappa shape index (κ3) is 2.81. The van der Waals surface area contributed by atoms with Crippen molar-refractivity contribution in [2.45, 2.75) is 31.6 Å². The molecule has 1 heterocycles. The molecule has 1 aliphatic heterocycles. The average Bonchev–Trinajstić information content (AvgIpc) is 2.99. The van der Waals surface area contributed by atoms with E-state index in [2.05, 4.69) is 34.9 Å². The Kier molecular flexibility index (Phi) is 3.83. The number of aryl methyl sites for hydroxylation is 1. The lowest BCUT2D eigenvalue weighted by Gasteiger charge is -2.26. The number of hydrogen-bond donors (Lipinski definition) is 2. The molecule has 1 amide bonds. The van der Waals surface area contributed by atoms with E-state index in [4.69, 9.17) is 0 Å². The van der Waals surface area contributed by atoms with Gasteiger partial charge in [-0.2, -0.15) is 0 Å². The Hall–Kier alpha value is -1.35. The van der Waals surface area contributed by atoms with Crippen LogP contribution in [0.15, 0.2) is 24.3 Å². The van der Waals surface area contributed by atoms with E-state index >= 15 is 0 Å². The van der Waals surface area contributed by atoms with Gasteiger partial charge in [0.25, 0.3) is 0 Å². The molecule has 2 atom stereocenters. The maximum atomic E-state index is 12.0. The van der Waals surface area contributed by atoms with Gasteiger partial charge in [0, 0.05) is 19.0 Å². The molecule has 0 radical (unpaired) electrons. The van der Waals surface area contributed by atoms with E-state index < -0.39 is 0 Å². The number of fused-ring (bicyclic) bond motifs is 1. The topological polar surface area (TPSA) is 41.1 Å². The molecule has 0 aromatic heterocycles.